The van der Waals surface area contributed by atoms with Crippen molar-refractivity contribution >= 4 is 11.4 Å². The molecule has 3 heterocycles. The third-order valence-corrected chi connectivity index (χ3v) is 5.34. The summed E-state index contributed by atoms with van der Waals surface area (Å²) in [5.74, 6) is 0. The molecule has 1 fully saturated rings. The first-order chi connectivity index (χ1) is 12.7. The van der Waals surface area contributed by atoms with Gasteiger partial charge in [-0.05, 0) is 30.7 Å². The Labute approximate surface area is 179 Å². The first kappa shape index (κ1) is 22.0. The second-order valence-corrected chi connectivity index (χ2v) is 7.13. The monoisotopic (exact) mass is 416 g/mol. The van der Waals surface area contributed by atoms with E-state index in [0.717, 1.165) is 30.8 Å². The number of pyridine rings is 2. The molecule has 6 heteroatoms. The van der Waals surface area contributed by atoms with Gasteiger partial charge in [0.2, 0.25) is 0 Å². The summed E-state index contributed by atoms with van der Waals surface area (Å²) in [4.78, 5) is 2.54. The number of hydrogen-bond acceptors (Lipinski definition) is 2. The van der Waals surface area contributed by atoms with Gasteiger partial charge in [-0.25, -0.2) is 9.13 Å². The lowest BCUT2D eigenvalue weighted by atomic mass is 10.1. The molecule has 2 atom stereocenters. The van der Waals surface area contributed by atoms with Crippen molar-refractivity contribution in [3.8, 4) is 0 Å². The smallest absolute Gasteiger partial charge is 0.177 e. The molecule has 1 aliphatic heterocycles. The number of nitrogens with zero attached hydrogens (tertiary/aromatic N) is 3. The van der Waals surface area contributed by atoms with E-state index in [1.54, 1.807) is 0 Å². The minimum absolute atomic E-state index is 0. The van der Waals surface area contributed by atoms with Crippen molar-refractivity contribution in [3.05, 3.63) is 84.9 Å². The topological polar surface area (TPSA) is 37.0 Å². The lowest BCUT2D eigenvalue weighted by Gasteiger charge is -2.24. The standard InChI is InChI=1S/C22H26N4.2ClH/c1-18-14-19(8-9-22(18)23)26-17-20(25-12-6-3-7-13-25)15-21(26)16-24-10-4-2-5-11-24;;/h2-14,20-21H,15-17,23H2,1H3;2*1H/q+2;;/p-2. The summed E-state index contributed by atoms with van der Waals surface area (Å²) in [7, 11) is 0. The lowest BCUT2D eigenvalue weighted by Crippen LogP contribution is -3.00. The fourth-order valence-corrected chi connectivity index (χ4v) is 3.89. The number of nitrogens with two attached hydrogens (primary N) is 1. The molecule has 2 N–H and O–H groups in total. The Morgan fingerprint density at radius 2 is 1.61 bits per heavy atom. The van der Waals surface area contributed by atoms with Crippen molar-refractivity contribution in [3.63, 3.8) is 0 Å². The third kappa shape index (κ3) is 4.75. The number of hydrogen-bond donors (Lipinski definition) is 1. The zero-order chi connectivity index (χ0) is 17.9. The number of halogens is 2. The van der Waals surface area contributed by atoms with E-state index in [0.29, 0.717) is 12.1 Å². The Morgan fingerprint density at radius 3 is 2.25 bits per heavy atom. The summed E-state index contributed by atoms with van der Waals surface area (Å²) < 4.78 is 4.62. The third-order valence-electron chi connectivity index (χ3n) is 5.34. The second kappa shape index (κ2) is 9.76. The minimum Gasteiger partial charge on any atom is -1.00 e. The van der Waals surface area contributed by atoms with E-state index in [4.69, 9.17) is 5.73 Å². The molecule has 0 bridgehead atoms. The molecule has 1 aliphatic rings. The van der Waals surface area contributed by atoms with Gasteiger partial charge in [-0.3, -0.25) is 0 Å². The maximum absolute atomic E-state index is 6.04. The molecule has 1 aromatic carbocycles. The van der Waals surface area contributed by atoms with Crippen LogP contribution in [0.5, 0.6) is 0 Å². The van der Waals surface area contributed by atoms with Gasteiger partial charge in [-0.15, -0.1) is 0 Å². The molecule has 1 saturated heterocycles. The predicted molar refractivity (Wildman–Crippen MR) is 104 cm³/mol. The zero-order valence-electron chi connectivity index (χ0n) is 16.0. The molecular formula is C22H26Cl2N4. The Hall–Kier alpha value is -2.30. The Kier molecular flexibility index (Phi) is 7.67. The molecule has 148 valence electrons. The van der Waals surface area contributed by atoms with Crippen molar-refractivity contribution in [1.82, 2.24) is 0 Å². The maximum atomic E-state index is 6.04. The maximum Gasteiger partial charge on any atom is 0.177 e. The van der Waals surface area contributed by atoms with Crippen LogP contribution in [0, 0.1) is 6.92 Å². The van der Waals surface area contributed by atoms with Crippen LogP contribution >= 0.6 is 0 Å². The highest BCUT2D eigenvalue weighted by Gasteiger charge is 2.39. The first-order valence-electron chi connectivity index (χ1n) is 9.23. The number of aryl methyl sites for hydroxylation is 1. The number of benzene rings is 1. The van der Waals surface area contributed by atoms with Crippen molar-refractivity contribution in [1.29, 1.82) is 0 Å². The van der Waals surface area contributed by atoms with Crippen LogP contribution in [0.3, 0.4) is 0 Å². The van der Waals surface area contributed by atoms with E-state index >= 15 is 0 Å². The normalized spacial score (nSPS) is 18.2. The molecule has 2 aromatic heterocycles. The summed E-state index contributed by atoms with van der Waals surface area (Å²) in [5.41, 5.74) is 9.30. The summed E-state index contributed by atoms with van der Waals surface area (Å²) in [6.07, 6.45) is 9.77. The van der Waals surface area contributed by atoms with Crippen LogP contribution in [0.1, 0.15) is 18.0 Å². The van der Waals surface area contributed by atoms with Crippen molar-refractivity contribution in [2.45, 2.75) is 32.0 Å². The van der Waals surface area contributed by atoms with Crippen molar-refractivity contribution in [2.75, 3.05) is 17.2 Å². The number of nitrogen functional groups attached to an aromatic ring is 1. The number of anilines is 2. The van der Waals surface area contributed by atoms with Crippen LogP contribution in [0.4, 0.5) is 11.4 Å². The highest BCUT2D eigenvalue weighted by atomic mass is 35.5. The molecule has 0 saturated carbocycles. The van der Waals surface area contributed by atoms with E-state index in [1.165, 1.54) is 5.69 Å². The van der Waals surface area contributed by atoms with Gasteiger partial charge in [0.15, 0.2) is 37.4 Å². The van der Waals surface area contributed by atoms with Gasteiger partial charge in [0, 0.05) is 42.1 Å². The van der Waals surface area contributed by atoms with Gasteiger partial charge in [-0.1, -0.05) is 12.1 Å². The fraction of sp³-hybridized carbons (Fsp3) is 0.273. The predicted octanol–water partition coefficient (Wildman–Crippen LogP) is -3.32. The average molecular weight is 417 g/mol. The van der Waals surface area contributed by atoms with E-state index in [-0.39, 0.29) is 24.8 Å². The van der Waals surface area contributed by atoms with Crippen LogP contribution in [-0.2, 0) is 6.54 Å². The average Bonchev–Trinajstić information content (AvgIpc) is 3.09. The van der Waals surface area contributed by atoms with Gasteiger partial charge in [0.25, 0.3) is 0 Å². The first-order valence-corrected chi connectivity index (χ1v) is 9.23. The highest BCUT2D eigenvalue weighted by molar-refractivity contribution is 5.59. The Bertz CT molecular complexity index is 874. The molecular weight excluding hydrogens is 391 g/mol. The minimum atomic E-state index is 0. The summed E-state index contributed by atoms with van der Waals surface area (Å²) in [6.45, 7) is 4.07. The molecule has 0 aliphatic carbocycles. The molecule has 28 heavy (non-hydrogen) atoms. The fourth-order valence-electron chi connectivity index (χ4n) is 3.89. The van der Waals surface area contributed by atoms with E-state index < -0.39 is 0 Å². The van der Waals surface area contributed by atoms with Crippen molar-refractivity contribution < 1.29 is 33.9 Å². The van der Waals surface area contributed by atoms with Gasteiger partial charge < -0.3 is 35.4 Å². The molecule has 0 radical (unpaired) electrons. The zero-order valence-corrected chi connectivity index (χ0v) is 17.5. The van der Waals surface area contributed by atoms with E-state index in [1.807, 2.05) is 6.07 Å². The van der Waals surface area contributed by atoms with Crippen LogP contribution in [0.2, 0.25) is 0 Å². The quantitative estimate of drug-likeness (QED) is 0.357. The van der Waals surface area contributed by atoms with Crippen LogP contribution < -0.4 is 44.6 Å². The Morgan fingerprint density at radius 1 is 0.964 bits per heavy atom. The van der Waals surface area contributed by atoms with Gasteiger partial charge >= 0.3 is 0 Å². The molecule has 3 aromatic rings. The van der Waals surface area contributed by atoms with Crippen LogP contribution in [-0.4, -0.2) is 12.6 Å². The summed E-state index contributed by atoms with van der Waals surface area (Å²) in [5, 5.41) is 0. The molecule has 4 rings (SSSR count). The highest BCUT2D eigenvalue weighted by Crippen LogP contribution is 2.31. The molecule has 0 amide bonds. The van der Waals surface area contributed by atoms with E-state index in [2.05, 4.69) is 94.3 Å². The lowest BCUT2D eigenvalue weighted by molar-refractivity contribution is -0.721. The molecule has 4 nitrogen and oxygen atoms in total. The van der Waals surface area contributed by atoms with Crippen LogP contribution in [0.15, 0.2) is 79.4 Å². The summed E-state index contributed by atoms with van der Waals surface area (Å²) >= 11 is 0. The number of rotatable bonds is 4. The second-order valence-electron chi connectivity index (χ2n) is 7.13. The summed E-state index contributed by atoms with van der Waals surface area (Å²) in [6, 6.07) is 19.9. The van der Waals surface area contributed by atoms with Crippen molar-refractivity contribution in [2.24, 2.45) is 0 Å². The number of aromatic nitrogens is 2. The van der Waals surface area contributed by atoms with Gasteiger partial charge in [-0.2, -0.15) is 0 Å². The van der Waals surface area contributed by atoms with Gasteiger partial charge in [0.1, 0.15) is 0 Å². The SMILES string of the molecule is Cc1cc(N2CC([n+]3ccccc3)CC2C[n+]2ccccc2)ccc1N.[Cl-].[Cl-]. The molecule has 2 unspecified atom stereocenters. The van der Waals surface area contributed by atoms with Crippen LogP contribution in [0.25, 0.3) is 0 Å². The largest absolute Gasteiger partial charge is 1.00 e. The molecule has 0 spiro atoms. The Balaban J connectivity index is 0.00000140. The van der Waals surface area contributed by atoms with E-state index in [9.17, 15) is 0 Å². The van der Waals surface area contributed by atoms with Gasteiger partial charge in [0.05, 0.1) is 12.6 Å².